The van der Waals surface area contributed by atoms with E-state index in [-0.39, 0.29) is 17.8 Å². The van der Waals surface area contributed by atoms with E-state index in [4.69, 9.17) is 0 Å². The summed E-state index contributed by atoms with van der Waals surface area (Å²) in [6.45, 7) is 5.51. The topological polar surface area (TPSA) is 55.8 Å². The highest BCUT2D eigenvalue weighted by atomic mass is 16.3. The highest BCUT2D eigenvalue weighted by Crippen LogP contribution is 2.20. The van der Waals surface area contributed by atoms with Crippen molar-refractivity contribution in [1.82, 2.24) is 9.80 Å². The van der Waals surface area contributed by atoms with Gasteiger partial charge in [0.2, 0.25) is 0 Å². The standard InChI is InChI=1S/C20H25N3O2/c1-2-23(20(25)21-17-8-10-19(24)11-9-17)18-12-13-22(15-18)14-16-6-4-3-5-7-16/h3-11,18,24H,2,12-15H2,1H3,(H,21,25)/t18-/m0/s1. The van der Waals surface area contributed by atoms with Crippen molar-refractivity contribution in [2.75, 3.05) is 25.0 Å². The monoisotopic (exact) mass is 339 g/mol. The molecule has 132 valence electrons. The Kier molecular flexibility index (Phi) is 5.56. The molecule has 1 aliphatic heterocycles. The number of benzene rings is 2. The van der Waals surface area contributed by atoms with Crippen LogP contribution < -0.4 is 5.32 Å². The van der Waals surface area contributed by atoms with Gasteiger partial charge in [-0.3, -0.25) is 4.90 Å². The number of aromatic hydroxyl groups is 1. The van der Waals surface area contributed by atoms with Crippen LogP contribution in [0.1, 0.15) is 18.9 Å². The SMILES string of the molecule is CCN(C(=O)Nc1ccc(O)cc1)[C@H]1CCN(Cc2ccccc2)C1. The first kappa shape index (κ1) is 17.3. The Balaban J connectivity index is 1.57. The average Bonchev–Trinajstić information content (AvgIpc) is 3.06. The molecule has 25 heavy (non-hydrogen) atoms. The second-order valence-electron chi connectivity index (χ2n) is 6.43. The van der Waals surface area contributed by atoms with Crippen LogP contribution in [0, 0.1) is 0 Å². The summed E-state index contributed by atoms with van der Waals surface area (Å²) in [6.07, 6.45) is 0.990. The molecule has 1 heterocycles. The van der Waals surface area contributed by atoms with Crippen LogP contribution in [0.3, 0.4) is 0 Å². The predicted octanol–water partition coefficient (Wildman–Crippen LogP) is 3.52. The molecule has 1 fully saturated rings. The van der Waals surface area contributed by atoms with E-state index in [0.717, 1.165) is 26.1 Å². The van der Waals surface area contributed by atoms with Gasteiger partial charge in [-0.25, -0.2) is 4.79 Å². The van der Waals surface area contributed by atoms with Crippen LogP contribution >= 0.6 is 0 Å². The molecule has 5 nitrogen and oxygen atoms in total. The largest absolute Gasteiger partial charge is 0.508 e. The zero-order valence-electron chi connectivity index (χ0n) is 14.6. The van der Waals surface area contributed by atoms with Crippen LogP contribution in [0.5, 0.6) is 5.75 Å². The number of rotatable bonds is 5. The third-order valence-electron chi connectivity index (χ3n) is 4.66. The van der Waals surface area contributed by atoms with Gasteiger partial charge in [0.25, 0.3) is 0 Å². The first-order valence-electron chi connectivity index (χ1n) is 8.78. The number of urea groups is 1. The van der Waals surface area contributed by atoms with Crippen LogP contribution in [0.25, 0.3) is 0 Å². The van der Waals surface area contributed by atoms with Gasteiger partial charge in [-0.1, -0.05) is 30.3 Å². The van der Waals surface area contributed by atoms with Crippen molar-refractivity contribution < 1.29 is 9.90 Å². The van der Waals surface area contributed by atoms with Gasteiger partial charge in [0.15, 0.2) is 0 Å². The van der Waals surface area contributed by atoms with Crippen LogP contribution in [0.15, 0.2) is 54.6 Å². The molecule has 1 saturated heterocycles. The number of carbonyl (C=O) groups excluding carboxylic acids is 1. The highest BCUT2D eigenvalue weighted by Gasteiger charge is 2.29. The highest BCUT2D eigenvalue weighted by molar-refractivity contribution is 5.89. The summed E-state index contributed by atoms with van der Waals surface area (Å²) in [5, 5.41) is 12.3. The normalized spacial score (nSPS) is 17.4. The summed E-state index contributed by atoms with van der Waals surface area (Å²) in [4.78, 5) is 16.9. The van der Waals surface area contributed by atoms with E-state index in [2.05, 4.69) is 34.5 Å². The third kappa shape index (κ3) is 4.51. The second-order valence-corrected chi connectivity index (χ2v) is 6.43. The first-order chi connectivity index (χ1) is 12.2. The van der Waals surface area contributed by atoms with E-state index in [0.29, 0.717) is 12.2 Å². The maximum absolute atomic E-state index is 12.6. The minimum absolute atomic E-state index is 0.0836. The molecule has 5 heteroatoms. The fourth-order valence-electron chi connectivity index (χ4n) is 3.36. The number of amides is 2. The number of hydrogen-bond acceptors (Lipinski definition) is 3. The number of nitrogens with zero attached hydrogens (tertiary/aromatic N) is 2. The van der Waals surface area contributed by atoms with Crippen molar-refractivity contribution >= 4 is 11.7 Å². The molecule has 0 radical (unpaired) electrons. The van der Waals surface area contributed by atoms with Crippen LogP contribution in [0.2, 0.25) is 0 Å². The van der Waals surface area contributed by atoms with Crippen molar-refractivity contribution in [2.45, 2.75) is 25.9 Å². The number of anilines is 1. The minimum atomic E-state index is -0.0836. The first-order valence-corrected chi connectivity index (χ1v) is 8.78. The molecule has 0 unspecified atom stereocenters. The van der Waals surface area contributed by atoms with Gasteiger partial charge in [0.1, 0.15) is 5.75 Å². The van der Waals surface area contributed by atoms with E-state index in [1.807, 2.05) is 17.9 Å². The van der Waals surface area contributed by atoms with E-state index >= 15 is 0 Å². The van der Waals surface area contributed by atoms with E-state index in [1.165, 1.54) is 5.56 Å². The summed E-state index contributed by atoms with van der Waals surface area (Å²) < 4.78 is 0. The smallest absolute Gasteiger partial charge is 0.322 e. The van der Waals surface area contributed by atoms with E-state index < -0.39 is 0 Å². The van der Waals surface area contributed by atoms with Gasteiger partial charge < -0.3 is 15.3 Å². The Morgan fingerprint density at radius 2 is 1.92 bits per heavy atom. The second kappa shape index (κ2) is 8.03. The van der Waals surface area contributed by atoms with Crippen LogP contribution in [0.4, 0.5) is 10.5 Å². The number of likely N-dealkylation sites (N-methyl/N-ethyl adjacent to an activating group) is 1. The summed E-state index contributed by atoms with van der Waals surface area (Å²) >= 11 is 0. The van der Waals surface area contributed by atoms with Crippen LogP contribution in [-0.4, -0.2) is 46.6 Å². The van der Waals surface area contributed by atoms with Crippen molar-refractivity contribution in [3.05, 3.63) is 60.2 Å². The Morgan fingerprint density at radius 1 is 1.20 bits per heavy atom. The number of likely N-dealkylation sites (tertiary alicyclic amines) is 1. The molecule has 1 aliphatic rings. The molecule has 1 atom stereocenters. The lowest BCUT2D eigenvalue weighted by Crippen LogP contribution is -2.44. The number of phenolic OH excluding ortho intramolecular Hbond substituents is 1. The third-order valence-corrected chi connectivity index (χ3v) is 4.66. The molecular formula is C20H25N3O2. The molecular weight excluding hydrogens is 314 g/mol. The zero-order valence-corrected chi connectivity index (χ0v) is 14.6. The van der Waals surface area contributed by atoms with Gasteiger partial charge in [0.05, 0.1) is 0 Å². The molecule has 2 amide bonds. The minimum Gasteiger partial charge on any atom is -0.508 e. The maximum Gasteiger partial charge on any atom is 0.322 e. The molecule has 3 rings (SSSR count). The lowest BCUT2D eigenvalue weighted by Gasteiger charge is -2.28. The molecule has 0 spiro atoms. The van der Waals surface area contributed by atoms with Crippen molar-refractivity contribution in [2.24, 2.45) is 0 Å². The Labute approximate surface area is 148 Å². The maximum atomic E-state index is 12.6. The fraction of sp³-hybridized carbons (Fsp3) is 0.350. The number of phenols is 1. The van der Waals surface area contributed by atoms with Gasteiger partial charge in [-0.2, -0.15) is 0 Å². The van der Waals surface area contributed by atoms with Gasteiger partial charge in [0, 0.05) is 37.9 Å². The van der Waals surface area contributed by atoms with Crippen molar-refractivity contribution in [3.63, 3.8) is 0 Å². The quantitative estimate of drug-likeness (QED) is 0.820. The van der Waals surface area contributed by atoms with Gasteiger partial charge >= 0.3 is 6.03 Å². The molecule has 0 aromatic heterocycles. The summed E-state index contributed by atoms with van der Waals surface area (Å²) in [6, 6.07) is 17.1. The van der Waals surface area contributed by atoms with Crippen molar-refractivity contribution in [3.8, 4) is 5.75 Å². The Morgan fingerprint density at radius 3 is 2.60 bits per heavy atom. The summed E-state index contributed by atoms with van der Waals surface area (Å²) in [5.41, 5.74) is 2.00. The molecule has 0 saturated carbocycles. The summed E-state index contributed by atoms with van der Waals surface area (Å²) in [5.74, 6) is 0.192. The van der Waals surface area contributed by atoms with E-state index in [1.54, 1.807) is 24.3 Å². The molecule has 2 aromatic carbocycles. The molecule has 2 N–H and O–H groups in total. The van der Waals surface area contributed by atoms with Gasteiger partial charge in [-0.05, 0) is 43.2 Å². The molecule has 0 bridgehead atoms. The fourth-order valence-corrected chi connectivity index (χ4v) is 3.36. The lowest BCUT2D eigenvalue weighted by molar-refractivity contribution is 0.189. The molecule has 2 aromatic rings. The average molecular weight is 339 g/mol. The van der Waals surface area contributed by atoms with E-state index in [9.17, 15) is 9.90 Å². The zero-order chi connectivity index (χ0) is 17.6. The Bertz CT molecular complexity index is 688. The Hall–Kier alpha value is -2.53. The van der Waals surface area contributed by atoms with Crippen molar-refractivity contribution in [1.29, 1.82) is 0 Å². The number of hydrogen-bond donors (Lipinski definition) is 2. The predicted molar refractivity (Wildman–Crippen MR) is 99.6 cm³/mol. The molecule has 0 aliphatic carbocycles. The summed E-state index contributed by atoms with van der Waals surface area (Å²) in [7, 11) is 0. The number of nitrogens with one attached hydrogen (secondary N) is 1. The lowest BCUT2D eigenvalue weighted by atomic mass is 10.2. The number of carbonyl (C=O) groups is 1. The van der Waals surface area contributed by atoms with Crippen LogP contribution in [-0.2, 0) is 6.54 Å². The van der Waals surface area contributed by atoms with Gasteiger partial charge in [-0.15, -0.1) is 0 Å².